The Morgan fingerprint density at radius 2 is 1.82 bits per heavy atom. The molecule has 1 fully saturated rings. The molecule has 0 bridgehead atoms. The van der Waals surface area contributed by atoms with Gasteiger partial charge in [-0.1, -0.05) is 0 Å². The zero-order chi connectivity index (χ0) is 27.0. The van der Waals surface area contributed by atoms with Crippen LogP contribution >= 0.6 is 0 Å². The normalized spacial score (nSPS) is 13.8. The number of pyridine rings is 3. The van der Waals surface area contributed by atoms with E-state index in [4.69, 9.17) is 18.9 Å². The van der Waals surface area contributed by atoms with Gasteiger partial charge in [0.1, 0.15) is 17.2 Å². The second-order valence-corrected chi connectivity index (χ2v) is 9.39. The second kappa shape index (κ2) is 12.6. The average molecular weight is 529 g/mol. The SMILES string of the molecule is COc1cc2c(Oc3ccc(CC(=O)c4cc(C)ccn4)nc3)ccnc2cc1OCCCN1CCOCC1. The van der Waals surface area contributed by atoms with Gasteiger partial charge in [-0.3, -0.25) is 24.6 Å². The van der Waals surface area contributed by atoms with Crippen molar-refractivity contribution in [3.8, 4) is 23.0 Å². The number of benzene rings is 1. The van der Waals surface area contributed by atoms with Crippen LogP contribution in [0.25, 0.3) is 10.9 Å². The van der Waals surface area contributed by atoms with Crippen LogP contribution < -0.4 is 14.2 Å². The number of hydrogen-bond donors (Lipinski definition) is 0. The Labute approximate surface area is 227 Å². The van der Waals surface area contributed by atoms with Crippen LogP contribution in [-0.4, -0.2) is 72.2 Å². The summed E-state index contributed by atoms with van der Waals surface area (Å²) in [5.41, 5.74) is 2.81. The van der Waals surface area contributed by atoms with E-state index in [1.807, 2.05) is 25.1 Å². The molecular weight excluding hydrogens is 496 g/mol. The van der Waals surface area contributed by atoms with Crippen molar-refractivity contribution in [3.05, 3.63) is 78.0 Å². The molecule has 1 saturated heterocycles. The Hall–Kier alpha value is -4.08. The molecule has 0 aliphatic carbocycles. The predicted octanol–water partition coefficient (Wildman–Crippen LogP) is 4.66. The number of morpholine rings is 1. The molecule has 1 aliphatic heterocycles. The van der Waals surface area contributed by atoms with Crippen LogP contribution in [0.2, 0.25) is 0 Å². The molecule has 9 nitrogen and oxygen atoms in total. The molecule has 0 N–H and O–H groups in total. The molecule has 4 aromatic rings. The number of ketones is 1. The molecule has 0 atom stereocenters. The number of methoxy groups -OCH3 is 1. The van der Waals surface area contributed by atoms with Crippen LogP contribution in [0, 0.1) is 6.92 Å². The Morgan fingerprint density at radius 1 is 0.974 bits per heavy atom. The molecule has 9 heteroatoms. The van der Waals surface area contributed by atoms with Gasteiger partial charge in [-0.2, -0.15) is 0 Å². The van der Waals surface area contributed by atoms with Crippen molar-refractivity contribution in [1.82, 2.24) is 19.9 Å². The molecule has 5 rings (SSSR count). The minimum Gasteiger partial charge on any atom is -0.493 e. The first-order chi connectivity index (χ1) is 19.1. The molecule has 4 heterocycles. The molecule has 0 radical (unpaired) electrons. The maximum Gasteiger partial charge on any atom is 0.187 e. The summed E-state index contributed by atoms with van der Waals surface area (Å²) in [6.07, 6.45) is 6.03. The lowest BCUT2D eigenvalue weighted by atomic mass is 10.1. The van der Waals surface area contributed by atoms with Crippen LogP contribution in [0.1, 0.15) is 28.2 Å². The number of rotatable bonds is 11. The van der Waals surface area contributed by atoms with Gasteiger partial charge in [0.2, 0.25) is 0 Å². The first-order valence-corrected chi connectivity index (χ1v) is 13.1. The molecule has 202 valence electrons. The fraction of sp³-hybridized carbons (Fsp3) is 0.333. The van der Waals surface area contributed by atoms with Gasteiger partial charge in [-0.05, 0) is 55.3 Å². The number of nitrogens with zero attached hydrogens (tertiary/aromatic N) is 4. The molecule has 3 aromatic heterocycles. The monoisotopic (exact) mass is 528 g/mol. The molecule has 1 aromatic carbocycles. The summed E-state index contributed by atoms with van der Waals surface area (Å²) in [5, 5.41) is 0.791. The highest BCUT2D eigenvalue weighted by Crippen LogP contribution is 2.37. The largest absolute Gasteiger partial charge is 0.493 e. The highest BCUT2D eigenvalue weighted by Gasteiger charge is 2.14. The van der Waals surface area contributed by atoms with E-state index >= 15 is 0 Å². The molecule has 0 unspecified atom stereocenters. The summed E-state index contributed by atoms with van der Waals surface area (Å²) in [4.78, 5) is 28.0. The minimum atomic E-state index is -0.0776. The van der Waals surface area contributed by atoms with Crippen molar-refractivity contribution in [3.63, 3.8) is 0 Å². The lowest BCUT2D eigenvalue weighted by molar-refractivity contribution is 0.0357. The van der Waals surface area contributed by atoms with E-state index in [0.717, 1.165) is 55.7 Å². The number of fused-ring (bicyclic) bond motifs is 1. The predicted molar refractivity (Wildman–Crippen MR) is 147 cm³/mol. The zero-order valence-electron chi connectivity index (χ0n) is 22.3. The van der Waals surface area contributed by atoms with Crippen molar-refractivity contribution < 1.29 is 23.7 Å². The highest BCUT2D eigenvalue weighted by molar-refractivity contribution is 5.95. The van der Waals surface area contributed by atoms with Crippen LogP contribution in [0.5, 0.6) is 23.0 Å². The minimum absolute atomic E-state index is 0.0776. The molecule has 1 aliphatic rings. The molecule has 0 amide bonds. The van der Waals surface area contributed by atoms with Gasteiger partial charge in [-0.25, -0.2) is 0 Å². The third kappa shape index (κ3) is 6.87. The van der Waals surface area contributed by atoms with E-state index in [1.54, 1.807) is 50.0 Å². The average Bonchev–Trinajstić information content (AvgIpc) is 2.96. The highest BCUT2D eigenvalue weighted by atomic mass is 16.5. The standard InChI is InChI=1S/C30H32N4O5/c1-21-6-8-32-26(16-21)27(35)17-22-4-5-23(20-33-22)39-28-7-9-31-25-19-30(29(36-2)18-24(25)28)38-13-3-10-34-11-14-37-15-12-34/h4-9,16,18-20H,3,10-15,17H2,1-2H3. The van der Waals surface area contributed by atoms with Crippen molar-refractivity contribution in [1.29, 1.82) is 0 Å². The Morgan fingerprint density at radius 3 is 2.59 bits per heavy atom. The van der Waals surface area contributed by atoms with Crippen molar-refractivity contribution in [2.45, 2.75) is 19.8 Å². The number of aromatic nitrogens is 3. The van der Waals surface area contributed by atoms with Crippen LogP contribution in [0.3, 0.4) is 0 Å². The fourth-order valence-corrected chi connectivity index (χ4v) is 4.43. The maximum absolute atomic E-state index is 12.6. The van der Waals surface area contributed by atoms with Crippen molar-refractivity contribution in [2.24, 2.45) is 0 Å². The molecule has 0 spiro atoms. The van der Waals surface area contributed by atoms with E-state index < -0.39 is 0 Å². The first-order valence-electron chi connectivity index (χ1n) is 13.1. The molecule has 0 saturated carbocycles. The van der Waals surface area contributed by atoms with Gasteiger partial charge >= 0.3 is 0 Å². The first kappa shape index (κ1) is 26.5. The van der Waals surface area contributed by atoms with Crippen LogP contribution in [-0.2, 0) is 11.2 Å². The second-order valence-electron chi connectivity index (χ2n) is 9.39. The quantitative estimate of drug-likeness (QED) is 0.203. The fourth-order valence-electron chi connectivity index (χ4n) is 4.43. The number of ether oxygens (including phenoxy) is 4. The summed E-state index contributed by atoms with van der Waals surface area (Å²) < 4.78 is 23.2. The van der Waals surface area contributed by atoms with Gasteiger partial charge in [0.15, 0.2) is 17.3 Å². The topological polar surface area (TPSA) is 95.9 Å². The van der Waals surface area contributed by atoms with Gasteiger partial charge in [-0.15, -0.1) is 0 Å². The summed E-state index contributed by atoms with van der Waals surface area (Å²) in [6, 6.07) is 12.8. The third-order valence-electron chi connectivity index (χ3n) is 6.54. The molecular formula is C30H32N4O5. The maximum atomic E-state index is 12.6. The van der Waals surface area contributed by atoms with E-state index in [2.05, 4.69) is 19.9 Å². The van der Waals surface area contributed by atoms with E-state index in [1.165, 1.54) is 0 Å². The Kier molecular flexibility index (Phi) is 8.60. The van der Waals surface area contributed by atoms with E-state index in [0.29, 0.717) is 41.0 Å². The molecule has 39 heavy (non-hydrogen) atoms. The van der Waals surface area contributed by atoms with E-state index in [-0.39, 0.29) is 12.2 Å². The summed E-state index contributed by atoms with van der Waals surface area (Å²) in [7, 11) is 1.62. The number of hydrogen-bond acceptors (Lipinski definition) is 9. The van der Waals surface area contributed by atoms with E-state index in [9.17, 15) is 4.79 Å². The number of carbonyl (C=O) groups excluding carboxylic acids is 1. The zero-order valence-corrected chi connectivity index (χ0v) is 22.3. The summed E-state index contributed by atoms with van der Waals surface area (Å²) in [6.45, 7) is 7.00. The van der Waals surface area contributed by atoms with Gasteiger partial charge in [0.05, 0.1) is 45.1 Å². The number of aryl methyl sites for hydroxylation is 1. The van der Waals surface area contributed by atoms with Crippen molar-refractivity contribution >= 4 is 16.7 Å². The van der Waals surface area contributed by atoms with Crippen LogP contribution in [0.15, 0.2) is 61.1 Å². The third-order valence-corrected chi connectivity index (χ3v) is 6.54. The van der Waals surface area contributed by atoms with Crippen LogP contribution in [0.4, 0.5) is 0 Å². The lowest BCUT2D eigenvalue weighted by Gasteiger charge is -2.26. The summed E-state index contributed by atoms with van der Waals surface area (Å²) in [5.74, 6) is 2.35. The lowest BCUT2D eigenvalue weighted by Crippen LogP contribution is -2.37. The number of carbonyl (C=O) groups is 1. The van der Waals surface area contributed by atoms with Crippen molar-refractivity contribution in [2.75, 3.05) is 46.6 Å². The Balaban J connectivity index is 1.24. The summed E-state index contributed by atoms with van der Waals surface area (Å²) >= 11 is 0. The van der Waals surface area contributed by atoms with Gasteiger partial charge < -0.3 is 18.9 Å². The smallest absolute Gasteiger partial charge is 0.187 e. The van der Waals surface area contributed by atoms with Gasteiger partial charge in [0, 0.05) is 49.2 Å². The van der Waals surface area contributed by atoms with Gasteiger partial charge in [0.25, 0.3) is 0 Å². The number of Topliss-reactive ketones (excluding diaryl/α,β-unsaturated/α-hetero) is 1. The Bertz CT molecular complexity index is 1420.